The number of urea groups is 1. The van der Waals surface area contributed by atoms with Crippen LogP contribution in [0.1, 0.15) is 46.0 Å². The average Bonchev–Trinajstić information content (AvgIpc) is 2.43. The summed E-state index contributed by atoms with van der Waals surface area (Å²) in [5, 5.41) is 12.2. The van der Waals surface area contributed by atoms with Crippen LogP contribution in [0.5, 0.6) is 0 Å². The maximum absolute atomic E-state index is 12.2. The highest BCUT2D eigenvalue weighted by Crippen LogP contribution is 2.29. The van der Waals surface area contributed by atoms with Gasteiger partial charge in [-0.2, -0.15) is 0 Å². The molecule has 0 spiro atoms. The molecule has 5 heteroatoms. The number of piperidine rings is 1. The molecule has 2 N–H and O–H groups in total. The molecule has 0 aromatic rings. The van der Waals surface area contributed by atoms with E-state index in [1.165, 1.54) is 0 Å². The minimum atomic E-state index is -0.789. The van der Waals surface area contributed by atoms with Gasteiger partial charge in [0.25, 0.3) is 0 Å². The monoisotopic (exact) mass is 282 g/mol. The third-order valence-electron chi connectivity index (χ3n) is 4.98. The highest BCUT2D eigenvalue weighted by atomic mass is 16.4. The van der Waals surface area contributed by atoms with E-state index in [9.17, 15) is 9.59 Å². The Hall–Kier alpha value is -1.26. The SMILES string of the molecule is CC1CCC(NC(=O)N2CCC[C@H](C(=O)O)C2)CC1C. The van der Waals surface area contributed by atoms with Gasteiger partial charge in [0, 0.05) is 19.1 Å². The van der Waals surface area contributed by atoms with Gasteiger partial charge in [0.15, 0.2) is 0 Å². The van der Waals surface area contributed by atoms with Gasteiger partial charge in [0.2, 0.25) is 0 Å². The van der Waals surface area contributed by atoms with Crippen molar-refractivity contribution in [2.24, 2.45) is 17.8 Å². The van der Waals surface area contributed by atoms with Gasteiger partial charge < -0.3 is 15.3 Å². The molecule has 5 nitrogen and oxygen atoms in total. The smallest absolute Gasteiger partial charge is 0.317 e. The van der Waals surface area contributed by atoms with E-state index in [2.05, 4.69) is 19.2 Å². The molecule has 1 saturated carbocycles. The van der Waals surface area contributed by atoms with E-state index in [4.69, 9.17) is 5.11 Å². The average molecular weight is 282 g/mol. The normalized spacial score (nSPS) is 34.6. The molecule has 114 valence electrons. The van der Waals surface area contributed by atoms with Crippen molar-refractivity contribution in [3.8, 4) is 0 Å². The lowest BCUT2D eigenvalue weighted by molar-refractivity contribution is -0.143. The van der Waals surface area contributed by atoms with Crippen molar-refractivity contribution in [3.63, 3.8) is 0 Å². The molecule has 2 amide bonds. The number of carbonyl (C=O) groups excluding carboxylic acids is 1. The topological polar surface area (TPSA) is 69.6 Å². The molecule has 4 atom stereocenters. The largest absolute Gasteiger partial charge is 0.481 e. The molecule has 2 aliphatic rings. The van der Waals surface area contributed by atoms with Crippen LogP contribution in [0.4, 0.5) is 4.79 Å². The summed E-state index contributed by atoms with van der Waals surface area (Å²) >= 11 is 0. The third-order valence-corrected chi connectivity index (χ3v) is 4.98. The van der Waals surface area contributed by atoms with Crippen LogP contribution in [0.15, 0.2) is 0 Å². The summed E-state index contributed by atoms with van der Waals surface area (Å²) in [6.45, 7) is 5.53. The fourth-order valence-corrected chi connectivity index (χ4v) is 3.31. The van der Waals surface area contributed by atoms with Crippen LogP contribution in [0.2, 0.25) is 0 Å². The number of nitrogens with one attached hydrogen (secondary N) is 1. The predicted octanol–water partition coefficient (Wildman–Crippen LogP) is 2.32. The standard InChI is InChI=1S/C15H26N2O3/c1-10-5-6-13(8-11(10)2)16-15(20)17-7-3-4-12(9-17)14(18)19/h10-13H,3-9H2,1-2H3,(H,16,20)(H,18,19)/t10?,11?,12-,13?/m0/s1. The van der Waals surface area contributed by atoms with Crippen molar-refractivity contribution in [2.45, 2.75) is 52.0 Å². The van der Waals surface area contributed by atoms with E-state index in [1.807, 2.05) is 0 Å². The van der Waals surface area contributed by atoms with Crippen molar-refractivity contribution in [3.05, 3.63) is 0 Å². The van der Waals surface area contributed by atoms with Crippen LogP contribution in [0.3, 0.4) is 0 Å². The first-order valence-corrected chi connectivity index (χ1v) is 7.75. The van der Waals surface area contributed by atoms with Crippen LogP contribution < -0.4 is 5.32 Å². The van der Waals surface area contributed by atoms with Gasteiger partial charge in [-0.05, 0) is 43.9 Å². The summed E-state index contributed by atoms with van der Waals surface area (Å²) in [4.78, 5) is 24.9. The number of carbonyl (C=O) groups is 2. The van der Waals surface area contributed by atoms with E-state index >= 15 is 0 Å². The Kier molecular flexibility index (Phi) is 4.89. The quantitative estimate of drug-likeness (QED) is 0.816. The second kappa shape index (κ2) is 6.46. The zero-order valence-electron chi connectivity index (χ0n) is 12.5. The molecule has 2 fully saturated rings. The number of hydrogen-bond donors (Lipinski definition) is 2. The van der Waals surface area contributed by atoms with Crippen molar-refractivity contribution in [1.82, 2.24) is 10.2 Å². The van der Waals surface area contributed by atoms with E-state index in [0.717, 1.165) is 31.6 Å². The Morgan fingerprint density at radius 1 is 1.15 bits per heavy atom. The highest BCUT2D eigenvalue weighted by Gasteiger charge is 2.30. The first-order chi connectivity index (χ1) is 9.47. The molecule has 1 saturated heterocycles. The van der Waals surface area contributed by atoms with Gasteiger partial charge >= 0.3 is 12.0 Å². The number of likely N-dealkylation sites (tertiary alicyclic amines) is 1. The van der Waals surface area contributed by atoms with E-state index in [0.29, 0.717) is 25.4 Å². The maximum Gasteiger partial charge on any atom is 0.317 e. The fraction of sp³-hybridized carbons (Fsp3) is 0.867. The fourth-order valence-electron chi connectivity index (χ4n) is 3.31. The van der Waals surface area contributed by atoms with Gasteiger partial charge in [-0.3, -0.25) is 4.79 Å². The lowest BCUT2D eigenvalue weighted by Gasteiger charge is -2.36. The molecule has 1 aliphatic carbocycles. The Morgan fingerprint density at radius 2 is 1.90 bits per heavy atom. The third kappa shape index (κ3) is 3.64. The van der Waals surface area contributed by atoms with E-state index in [1.54, 1.807) is 4.90 Å². The van der Waals surface area contributed by atoms with Crippen LogP contribution in [0.25, 0.3) is 0 Å². The summed E-state index contributed by atoms with van der Waals surface area (Å²) in [6, 6.07) is 0.168. The number of carboxylic acids is 1. The maximum atomic E-state index is 12.2. The van der Waals surface area contributed by atoms with Crippen molar-refractivity contribution >= 4 is 12.0 Å². The predicted molar refractivity (Wildman–Crippen MR) is 76.4 cm³/mol. The first kappa shape index (κ1) is 15.1. The Labute approximate surface area is 120 Å². The van der Waals surface area contributed by atoms with Gasteiger partial charge in [0.05, 0.1) is 5.92 Å². The molecule has 1 heterocycles. The van der Waals surface area contributed by atoms with Crippen molar-refractivity contribution < 1.29 is 14.7 Å². The number of carboxylic acid groups (broad SMARTS) is 1. The number of aliphatic carboxylic acids is 1. The molecule has 1 aliphatic heterocycles. The molecule has 0 bridgehead atoms. The van der Waals surface area contributed by atoms with E-state index in [-0.39, 0.29) is 12.1 Å². The summed E-state index contributed by atoms with van der Waals surface area (Å²) < 4.78 is 0. The zero-order valence-corrected chi connectivity index (χ0v) is 12.5. The minimum absolute atomic E-state index is 0.0808. The minimum Gasteiger partial charge on any atom is -0.481 e. The van der Waals surface area contributed by atoms with Crippen LogP contribution in [0, 0.1) is 17.8 Å². The molecule has 3 unspecified atom stereocenters. The van der Waals surface area contributed by atoms with Gasteiger partial charge in [0.1, 0.15) is 0 Å². The van der Waals surface area contributed by atoms with Crippen LogP contribution >= 0.6 is 0 Å². The van der Waals surface area contributed by atoms with Gasteiger partial charge in [-0.25, -0.2) is 4.79 Å². The summed E-state index contributed by atoms with van der Waals surface area (Å²) in [6.07, 6.45) is 4.68. The van der Waals surface area contributed by atoms with Gasteiger partial charge in [-0.15, -0.1) is 0 Å². The second-order valence-electron chi connectivity index (χ2n) is 6.54. The highest BCUT2D eigenvalue weighted by molar-refractivity contribution is 5.76. The Balaban J connectivity index is 1.84. The Morgan fingerprint density at radius 3 is 2.55 bits per heavy atom. The zero-order chi connectivity index (χ0) is 14.7. The van der Waals surface area contributed by atoms with Crippen molar-refractivity contribution in [1.29, 1.82) is 0 Å². The lowest BCUT2D eigenvalue weighted by Crippen LogP contribution is -2.50. The molecular formula is C15H26N2O3. The van der Waals surface area contributed by atoms with Crippen LogP contribution in [-0.2, 0) is 4.79 Å². The molecule has 0 aromatic carbocycles. The second-order valence-corrected chi connectivity index (χ2v) is 6.54. The number of hydrogen-bond acceptors (Lipinski definition) is 2. The summed E-state index contributed by atoms with van der Waals surface area (Å²) in [5.74, 6) is 0.180. The lowest BCUT2D eigenvalue weighted by atomic mass is 9.79. The van der Waals surface area contributed by atoms with E-state index < -0.39 is 11.9 Å². The summed E-state index contributed by atoms with van der Waals surface area (Å²) in [5.41, 5.74) is 0. The molecule has 2 rings (SSSR count). The molecular weight excluding hydrogens is 256 g/mol. The molecule has 0 aromatic heterocycles. The number of rotatable bonds is 2. The molecule has 0 radical (unpaired) electrons. The summed E-state index contributed by atoms with van der Waals surface area (Å²) in [7, 11) is 0. The molecule has 20 heavy (non-hydrogen) atoms. The number of amides is 2. The van der Waals surface area contributed by atoms with Gasteiger partial charge in [-0.1, -0.05) is 13.8 Å². The van der Waals surface area contributed by atoms with Crippen molar-refractivity contribution in [2.75, 3.05) is 13.1 Å². The van der Waals surface area contributed by atoms with Crippen LogP contribution in [-0.4, -0.2) is 41.1 Å². The first-order valence-electron chi connectivity index (χ1n) is 7.75. The number of nitrogens with zero attached hydrogens (tertiary/aromatic N) is 1. The Bertz CT molecular complexity index is 372.